The maximum Gasteiger partial charge on any atom is 0.338 e. The van der Waals surface area contributed by atoms with Crippen molar-refractivity contribution >= 4 is 29.0 Å². The molecule has 5 rings (SSSR count). The Kier molecular flexibility index (Phi) is 4.67. The molecule has 0 atom stereocenters. The number of nitrogens with one attached hydrogen (secondary N) is 2. The number of carbonyl (C=O) groups is 1. The monoisotopic (exact) mass is 358 g/mol. The summed E-state index contributed by atoms with van der Waals surface area (Å²) in [7, 11) is 0. The third-order valence-corrected chi connectivity index (χ3v) is 6.38. The van der Waals surface area contributed by atoms with E-state index in [2.05, 4.69) is 10.6 Å². The minimum Gasteiger partial charge on any atom is -0.462 e. The van der Waals surface area contributed by atoms with Crippen LogP contribution in [0.25, 0.3) is 0 Å². The van der Waals surface area contributed by atoms with Gasteiger partial charge in [0.05, 0.1) is 12.2 Å². The standard InChI is InChI=1S/C20H26N2O2S/c1-2-24-19(23)14-4-3-5-17(11-14)21-20(25)22-18-15-7-12-6-13(9-15)10-16(18)8-12/h3-5,11-13,15-16,18H,2,6-10H2,1H3,(H2,21,22,25). The van der Waals surface area contributed by atoms with Gasteiger partial charge in [0, 0.05) is 11.7 Å². The van der Waals surface area contributed by atoms with E-state index in [0.717, 1.165) is 29.4 Å². The van der Waals surface area contributed by atoms with Crippen molar-refractivity contribution in [3.05, 3.63) is 29.8 Å². The van der Waals surface area contributed by atoms with Crippen molar-refractivity contribution in [1.29, 1.82) is 0 Å². The van der Waals surface area contributed by atoms with E-state index < -0.39 is 0 Å². The van der Waals surface area contributed by atoms with Gasteiger partial charge in [0.25, 0.3) is 0 Å². The molecule has 0 spiro atoms. The Morgan fingerprint density at radius 1 is 1.16 bits per heavy atom. The first kappa shape index (κ1) is 16.8. The molecular weight excluding hydrogens is 332 g/mol. The van der Waals surface area contributed by atoms with Crippen molar-refractivity contribution in [2.75, 3.05) is 11.9 Å². The summed E-state index contributed by atoms with van der Waals surface area (Å²) < 4.78 is 5.06. The molecule has 4 aliphatic carbocycles. The van der Waals surface area contributed by atoms with Crippen molar-refractivity contribution in [1.82, 2.24) is 5.32 Å². The second-order valence-corrected chi connectivity index (χ2v) is 8.26. The molecule has 5 heteroatoms. The van der Waals surface area contributed by atoms with E-state index in [1.165, 1.54) is 32.1 Å². The number of esters is 1. The zero-order valence-electron chi connectivity index (χ0n) is 14.7. The van der Waals surface area contributed by atoms with Crippen LogP contribution in [-0.2, 0) is 4.74 Å². The van der Waals surface area contributed by atoms with Gasteiger partial charge in [0.15, 0.2) is 5.11 Å². The molecule has 0 amide bonds. The van der Waals surface area contributed by atoms with E-state index in [1.54, 1.807) is 12.1 Å². The fourth-order valence-corrected chi connectivity index (χ4v) is 5.67. The summed E-state index contributed by atoms with van der Waals surface area (Å²) in [6.07, 6.45) is 6.93. The summed E-state index contributed by atoms with van der Waals surface area (Å²) in [6, 6.07) is 7.84. The number of rotatable bonds is 4. The predicted molar refractivity (Wildman–Crippen MR) is 103 cm³/mol. The van der Waals surface area contributed by atoms with E-state index in [9.17, 15) is 4.79 Å². The van der Waals surface area contributed by atoms with Crippen LogP contribution in [0.4, 0.5) is 5.69 Å². The minimum absolute atomic E-state index is 0.300. The number of hydrogen-bond donors (Lipinski definition) is 2. The number of anilines is 1. The third kappa shape index (κ3) is 3.52. The van der Waals surface area contributed by atoms with Crippen LogP contribution in [0, 0.1) is 23.7 Å². The van der Waals surface area contributed by atoms with Crippen LogP contribution >= 0.6 is 12.2 Å². The quantitative estimate of drug-likeness (QED) is 0.630. The highest BCUT2D eigenvalue weighted by Crippen LogP contribution is 2.53. The molecular formula is C20H26N2O2S. The number of thiocarbonyl (C=S) groups is 1. The van der Waals surface area contributed by atoms with E-state index >= 15 is 0 Å². The lowest BCUT2D eigenvalue weighted by Gasteiger charge is -2.54. The van der Waals surface area contributed by atoms with Gasteiger partial charge in [0.2, 0.25) is 0 Å². The van der Waals surface area contributed by atoms with Crippen LogP contribution in [0.2, 0.25) is 0 Å². The van der Waals surface area contributed by atoms with Crippen molar-refractivity contribution in [2.24, 2.45) is 23.7 Å². The maximum absolute atomic E-state index is 11.9. The summed E-state index contributed by atoms with van der Waals surface area (Å²) in [6.45, 7) is 2.19. The van der Waals surface area contributed by atoms with Crippen molar-refractivity contribution < 1.29 is 9.53 Å². The van der Waals surface area contributed by atoms with E-state index in [-0.39, 0.29) is 5.97 Å². The highest BCUT2D eigenvalue weighted by Gasteiger charge is 2.48. The molecule has 0 aromatic heterocycles. The first-order valence-electron chi connectivity index (χ1n) is 9.47. The summed E-state index contributed by atoms with van der Waals surface area (Å²) in [5, 5.41) is 7.50. The topological polar surface area (TPSA) is 50.4 Å². The Morgan fingerprint density at radius 3 is 2.48 bits per heavy atom. The van der Waals surface area contributed by atoms with Crippen LogP contribution in [0.15, 0.2) is 24.3 Å². The molecule has 4 aliphatic rings. The summed E-state index contributed by atoms with van der Waals surface area (Å²) in [5.41, 5.74) is 1.37. The Morgan fingerprint density at radius 2 is 1.84 bits per heavy atom. The smallest absolute Gasteiger partial charge is 0.338 e. The van der Waals surface area contributed by atoms with Crippen LogP contribution in [0.1, 0.15) is 49.4 Å². The molecule has 0 unspecified atom stereocenters. The summed E-state index contributed by atoms with van der Waals surface area (Å²) >= 11 is 5.56. The second-order valence-electron chi connectivity index (χ2n) is 7.86. The lowest BCUT2D eigenvalue weighted by molar-refractivity contribution is -0.00665. The first-order valence-corrected chi connectivity index (χ1v) is 9.88. The average molecular weight is 359 g/mol. The highest BCUT2D eigenvalue weighted by atomic mass is 32.1. The van der Waals surface area contributed by atoms with Gasteiger partial charge < -0.3 is 15.4 Å². The maximum atomic E-state index is 11.9. The lowest BCUT2D eigenvalue weighted by Crippen LogP contribution is -2.56. The molecule has 134 valence electrons. The van der Waals surface area contributed by atoms with Gasteiger partial charge >= 0.3 is 5.97 Å². The van der Waals surface area contributed by atoms with Crippen molar-refractivity contribution in [2.45, 2.75) is 45.1 Å². The number of ether oxygens (including phenoxy) is 1. The molecule has 1 aromatic rings. The fourth-order valence-electron chi connectivity index (χ4n) is 5.42. The normalized spacial score (nSPS) is 32.3. The minimum atomic E-state index is -0.300. The predicted octanol–water partition coefficient (Wildman–Crippen LogP) is 3.97. The third-order valence-electron chi connectivity index (χ3n) is 6.16. The average Bonchev–Trinajstić information content (AvgIpc) is 2.58. The van der Waals surface area contributed by atoms with Gasteiger partial charge in [-0.15, -0.1) is 0 Å². The molecule has 0 saturated heterocycles. The first-order chi connectivity index (χ1) is 12.1. The number of benzene rings is 1. The molecule has 1 aromatic carbocycles. The molecule has 4 nitrogen and oxygen atoms in total. The van der Waals surface area contributed by atoms with Crippen molar-refractivity contribution in [3.8, 4) is 0 Å². The van der Waals surface area contributed by atoms with Crippen LogP contribution in [-0.4, -0.2) is 23.7 Å². The van der Waals surface area contributed by atoms with Crippen molar-refractivity contribution in [3.63, 3.8) is 0 Å². The molecule has 4 fully saturated rings. The van der Waals surface area contributed by atoms with Crippen LogP contribution in [0.3, 0.4) is 0 Å². The molecule has 25 heavy (non-hydrogen) atoms. The Labute approximate surface area is 154 Å². The number of hydrogen-bond acceptors (Lipinski definition) is 3. The summed E-state index contributed by atoms with van der Waals surface area (Å²) in [5.74, 6) is 3.18. The molecule has 0 aliphatic heterocycles. The van der Waals surface area contributed by atoms with E-state index in [0.29, 0.717) is 23.3 Å². The number of carbonyl (C=O) groups excluding carboxylic acids is 1. The van der Waals surface area contributed by atoms with Gasteiger partial charge in [-0.1, -0.05) is 6.07 Å². The van der Waals surface area contributed by atoms with E-state index in [1.807, 2.05) is 19.1 Å². The van der Waals surface area contributed by atoms with Gasteiger partial charge in [-0.05, 0) is 93.1 Å². The van der Waals surface area contributed by atoms with Gasteiger partial charge in [0.1, 0.15) is 0 Å². The van der Waals surface area contributed by atoms with Gasteiger partial charge in [-0.2, -0.15) is 0 Å². The zero-order chi connectivity index (χ0) is 17.4. The largest absolute Gasteiger partial charge is 0.462 e. The second kappa shape index (κ2) is 6.94. The van der Waals surface area contributed by atoms with Gasteiger partial charge in [-0.25, -0.2) is 4.79 Å². The zero-order valence-corrected chi connectivity index (χ0v) is 15.5. The highest BCUT2D eigenvalue weighted by molar-refractivity contribution is 7.80. The Balaban J connectivity index is 1.38. The molecule has 0 heterocycles. The molecule has 0 radical (unpaired) electrons. The van der Waals surface area contributed by atoms with E-state index in [4.69, 9.17) is 17.0 Å². The molecule has 4 saturated carbocycles. The van der Waals surface area contributed by atoms with Crippen LogP contribution < -0.4 is 10.6 Å². The lowest BCUT2D eigenvalue weighted by atomic mass is 9.54. The molecule has 2 N–H and O–H groups in total. The van der Waals surface area contributed by atoms with Gasteiger partial charge in [-0.3, -0.25) is 0 Å². The Bertz CT molecular complexity index is 647. The Hall–Kier alpha value is -1.62. The summed E-state index contributed by atoms with van der Waals surface area (Å²) in [4.78, 5) is 11.9. The molecule has 4 bridgehead atoms. The van der Waals surface area contributed by atoms with Crippen LogP contribution in [0.5, 0.6) is 0 Å². The fraction of sp³-hybridized carbons (Fsp3) is 0.600. The SMILES string of the molecule is CCOC(=O)c1cccc(NC(=S)NC2C3CC4CC(C3)CC2C4)c1.